The van der Waals surface area contributed by atoms with Gasteiger partial charge in [-0.25, -0.2) is 0 Å². The van der Waals surface area contributed by atoms with E-state index in [1.54, 1.807) is 24.0 Å². The van der Waals surface area contributed by atoms with Crippen molar-refractivity contribution in [3.05, 3.63) is 34.9 Å². The maximum absolute atomic E-state index is 13.2. The number of carbonyl (C=O) groups is 3. The molecule has 4 unspecified atom stereocenters. The van der Waals surface area contributed by atoms with Gasteiger partial charge < -0.3 is 29.9 Å². The SMILES string of the molecule is CCC(=O)N(CCC(C)C)C1C=C(C(=O)NCCO)C2c3cc(C=O)cc(OC)c3OC2C1O. The number of aliphatic hydroxyl groups is 2. The molecule has 0 radical (unpaired) electrons. The van der Waals surface area contributed by atoms with Crippen LogP contribution in [0.25, 0.3) is 0 Å². The predicted octanol–water partition coefficient (Wildman–Crippen LogP) is 1.41. The zero-order valence-corrected chi connectivity index (χ0v) is 20.1. The molecule has 9 heteroatoms. The van der Waals surface area contributed by atoms with Gasteiger partial charge in [0.15, 0.2) is 11.5 Å². The van der Waals surface area contributed by atoms with Gasteiger partial charge in [0, 0.05) is 36.2 Å². The summed E-state index contributed by atoms with van der Waals surface area (Å²) in [5.74, 6) is -0.202. The average molecular weight is 475 g/mol. The summed E-state index contributed by atoms with van der Waals surface area (Å²) in [6.07, 6.45) is 1.33. The maximum atomic E-state index is 13.2. The van der Waals surface area contributed by atoms with E-state index < -0.39 is 30.1 Å². The number of nitrogens with one attached hydrogen (secondary N) is 1. The topological polar surface area (TPSA) is 125 Å². The van der Waals surface area contributed by atoms with E-state index in [2.05, 4.69) is 19.2 Å². The second-order valence-corrected chi connectivity index (χ2v) is 9.03. The minimum absolute atomic E-state index is 0.0527. The van der Waals surface area contributed by atoms with Crippen LogP contribution in [0.4, 0.5) is 0 Å². The Balaban J connectivity index is 2.12. The molecule has 0 spiro atoms. The number of rotatable bonds is 10. The van der Waals surface area contributed by atoms with Crippen LogP contribution in [0.15, 0.2) is 23.8 Å². The number of carbonyl (C=O) groups excluding carboxylic acids is 3. The maximum Gasteiger partial charge on any atom is 0.247 e. The Bertz CT molecular complexity index is 959. The van der Waals surface area contributed by atoms with Gasteiger partial charge in [-0.2, -0.15) is 0 Å². The van der Waals surface area contributed by atoms with E-state index in [4.69, 9.17) is 9.47 Å². The molecule has 0 saturated carbocycles. The fourth-order valence-corrected chi connectivity index (χ4v) is 4.60. The first-order valence-electron chi connectivity index (χ1n) is 11.7. The molecule has 1 aromatic rings. The molecule has 186 valence electrons. The molecular weight excluding hydrogens is 440 g/mol. The van der Waals surface area contributed by atoms with E-state index in [-0.39, 0.29) is 25.5 Å². The molecule has 1 aliphatic carbocycles. The van der Waals surface area contributed by atoms with Crippen molar-refractivity contribution in [1.82, 2.24) is 10.2 Å². The molecule has 2 aliphatic rings. The Labute approximate surface area is 199 Å². The van der Waals surface area contributed by atoms with Crippen LogP contribution < -0.4 is 14.8 Å². The number of ether oxygens (including phenoxy) is 2. The number of hydrogen-bond donors (Lipinski definition) is 3. The summed E-state index contributed by atoms with van der Waals surface area (Å²) in [5, 5.41) is 23.3. The monoisotopic (exact) mass is 474 g/mol. The fourth-order valence-electron chi connectivity index (χ4n) is 4.60. The molecule has 0 aromatic heterocycles. The number of methoxy groups -OCH3 is 1. The predicted molar refractivity (Wildman–Crippen MR) is 125 cm³/mol. The van der Waals surface area contributed by atoms with E-state index in [0.29, 0.717) is 46.9 Å². The van der Waals surface area contributed by atoms with E-state index in [1.165, 1.54) is 13.2 Å². The lowest BCUT2D eigenvalue weighted by Crippen LogP contribution is -2.56. The zero-order chi connectivity index (χ0) is 25.0. The van der Waals surface area contributed by atoms with Crippen molar-refractivity contribution in [2.24, 2.45) is 5.92 Å². The lowest BCUT2D eigenvalue weighted by Gasteiger charge is -2.41. The summed E-state index contributed by atoms with van der Waals surface area (Å²) < 4.78 is 11.6. The van der Waals surface area contributed by atoms with Gasteiger partial charge in [-0.15, -0.1) is 0 Å². The molecule has 0 saturated heterocycles. The van der Waals surface area contributed by atoms with Gasteiger partial charge in [0.25, 0.3) is 0 Å². The van der Waals surface area contributed by atoms with Crippen LogP contribution in [0.2, 0.25) is 0 Å². The Kier molecular flexibility index (Phi) is 8.33. The van der Waals surface area contributed by atoms with Gasteiger partial charge in [0.2, 0.25) is 11.8 Å². The van der Waals surface area contributed by atoms with Crippen molar-refractivity contribution >= 4 is 18.1 Å². The number of nitrogens with zero attached hydrogens (tertiary/aromatic N) is 1. The van der Waals surface area contributed by atoms with Crippen LogP contribution in [0.1, 0.15) is 55.5 Å². The highest BCUT2D eigenvalue weighted by molar-refractivity contribution is 5.96. The number of aldehydes is 1. The van der Waals surface area contributed by atoms with Crippen LogP contribution in [-0.4, -0.2) is 78.3 Å². The van der Waals surface area contributed by atoms with Crippen molar-refractivity contribution in [2.75, 3.05) is 26.8 Å². The minimum atomic E-state index is -1.11. The van der Waals surface area contributed by atoms with Gasteiger partial charge in [0.05, 0.1) is 25.7 Å². The van der Waals surface area contributed by atoms with Crippen molar-refractivity contribution in [3.63, 3.8) is 0 Å². The summed E-state index contributed by atoms with van der Waals surface area (Å²) in [6.45, 7) is 6.12. The van der Waals surface area contributed by atoms with Gasteiger partial charge in [-0.1, -0.05) is 20.8 Å². The van der Waals surface area contributed by atoms with E-state index in [0.717, 1.165) is 6.42 Å². The molecule has 4 atom stereocenters. The third-order valence-corrected chi connectivity index (χ3v) is 6.34. The van der Waals surface area contributed by atoms with Crippen molar-refractivity contribution in [3.8, 4) is 11.5 Å². The van der Waals surface area contributed by atoms with Gasteiger partial charge in [-0.3, -0.25) is 14.4 Å². The lowest BCUT2D eigenvalue weighted by atomic mass is 9.77. The van der Waals surface area contributed by atoms with E-state index in [9.17, 15) is 24.6 Å². The highest BCUT2D eigenvalue weighted by Gasteiger charge is 2.51. The molecule has 0 fully saturated rings. The van der Waals surface area contributed by atoms with Crippen LogP contribution in [-0.2, 0) is 9.59 Å². The quantitative estimate of drug-likeness (QED) is 0.438. The summed E-state index contributed by atoms with van der Waals surface area (Å²) in [5.41, 5.74) is 1.23. The second kappa shape index (κ2) is 11.0. The Hall–Kier alpha value is -2.91. The first-order chi connectivity index (χ1) is 16.3. The Morgan fingerprint density at radius 1 is 1.32 bits per heavy atom. The highest BCUT2D eigenvalue weighted by Crippen LogP contribution is 2.51. The van der Waals surface area contributed by atoms with Crippen molar-refractivity contribution in [1.29, 1.82) is 0 Å². The second-order valence-electron chi connectivity index (χ2n) is 9.03. The van der Waals surface area contributed by atoms with Gasteiger partial charge >= 0.3 is 0 Å². The van der Waals surface area contributed by atoms with E-state index >= 15 is 0 Å². The third kappa shape index (κ3) is 4.95. The number of hydrogen-bond acceptors (Lipinski definition) is 7. The van der Waals surface area contributed by atoms with Crippen molar-refractivity contribution < 1.29 is 34.1 Å². The summed E-state index contributed by atoms with van der Waals surface area (Å²) >= 11 is 0. The summed E-state index contributed by atoms with van der Waals surface area (Å²) in [6, 6.07) is 2.40. The summed E-state index contributed by atoms with van der Waals surface area (Å²) in [4.78, 5) is 39.2. The van der Waals surface area contributed by atoms with E-state index in [1.807, 2.05) is 0 Å². The first kappa shape index (κ1) is 25.7. The molecule has 1 aliphatic heterocycles. The van der Waals surface area contributed by atoms with Gasteiger partial charge in [-0.05, 0) is 30.5 Å². The number of benzene rings is 1. The van der Waals surface area contributed by atoms with Crippen LogP contribution in [0.5, 0.6) is 11.5 Å². The van der Waals surface area contributed by atoms with Crippen molar-refractivity contribution in [2.45, 2.75) is 57.8 Å². The third-order valence-electron chi connectivity index (χ3n) is 6.34. The molecule has 1 heterocycles. The molecular formula is C25H34N2O7. The molecule has 34 heavy (non-hydrogen) atoms. The van der Waals surface area contributed by atoms with Crippen LogP contribution in [0, 0.1) is 5.92 Å². The number of amides is 2. The molecule has 9 nitrogen and oxygen atoms in total. The minimum Gasteiger partial charge on any atom is -0.493 e. The molecule has 3 rings (SSSR count). The lowest BCUT2D eigenvalue weighted by molar-refractivity contribution is -0.137. The normalized spacial score (nSPS) is 22.9. The highest BCUT2D eigenvalue weighted by atomic mass is 16.5. The average Bonchev–Trinajstić information content (AvgIpc) is 3.22. The largest absolute Gasteiger partial charge is 0.493 e. The fraction of sp³-hybridized carbons (Fsp3) is 0.560. The number of aliphatic hydroxyl groups excluding tert-OH is 2. The van der Waals surface area contributed by atoms with Crippen LogP contribution >= 0.6 is 0 Å². The number of fused-ring (bicyclic) bond motifs is 3. The van der Waals surface area contributed by atoms with Gasteiger partial charge in [0.1, 0.15) is 18.5 Å². The summed E-state index contributed by atoms with van der Waals surface area (Å²) in [7, 11) is 1.45. The zero-order valence-electron chi connectivity index (χ0n) is 20.1. The Morgan fingerprint density at radius 3 is 2.65 bits per heavy atom. The first-order valence-corrected chi connectivity index (χ1v) is 11.7. The van der Waals surface area contributed by atoms with Crippen LogP contribution in [0.3, 0.4) is 0 Å². The Morgan fingerprint density at radius 2 is 2.06 bits per heavy atom. The molecule has 2 amide bonds. The molecule has 0 bridgehead atoms. The standard InChI is InChI=1S/C25H34N2O7/c1-5-20(30)27(8-6-14(2)3)18-12-17(25(32)26-7-9-28)21-16-10-15(13-29)11-19(33-4)23(16)34-24(21)22(18)31/h10-14,18,21-22,24,28,31H,5-9H2,1-4H3,(H,26,32). The smallest absolute Gasteiger partial charge is 0.247 e. The molecule has 3 N–H and O–H groups in total. The molecule has 1 aromatic carbocycles.